The predicted molar refractivity (Wildman–Crippen MR) is 140 cm³/mol. The highest BCUT2D eigenvalue weighted by molar-refractivity contribution is 6.39. The number of fused-ring (bicyclic) bond motifs is 1. The van der Waals surface area contributed by atoms with E-state index < -0.39 is 17.8 Å². The highest BCUT2D eigenvalue weighted by atomic mass is 35.5. The maximum absolute atomic E-state index is 13.2. The van der Waals surface area contributed by atoms with E-state index in [1.165, 1.54) is 13.2 Å². The van der Waals surface area contributed by atoms with Crippen LogP contribution < -0.4 is 29.2 Å². The van der Waals surface area contributed by atoms with Gasteiger partial charge < -0.3 is 18.9 Å². The third-order valence-corrected chi connectivity index (χ3v) is 6.37. The van der Waals surface area contributed by atoms with Crippen molar-refractivity contribution in [2.45, 2.75) is 20.0 Å². The van der Waals surface area contributed by atoms with Gasteiger partial charge in [0.05, 0.1) is 17.8 Å². The summed E-state index contributed by atoms with van der Waals surface area (Å²) >= 11 is 6.51. The van der Waals surface area contributed by atoms with E-state index in [4.69, 9.17) is 30.5 Å². The van der Waals surface area contributed by atoms with Crippen molar-refractivity contribution < 1.29 is 33.3 Å². The van der Waals surface area contributed by atoms with Crippen molar-refractivity contribution >= 4 is 41.2 Å². The van der Waals surface area contributed by atoms with Crippen molar-refractivity contribution in [3.63, 3.8) is 0 Å². The van der Waals surface area contributed by atoms with Gasteiger partial charge in [-0.1, -0.05) is 36.7 Å². The Balaban J connectivity index is 1.40. The number of barbiturate groups is 1. The minimum atomic E-state index is -0.815. The number of hydrogen-bond acceptors (Lipinski definition) is 7. The number of methoxy groups -OCH3 is 1. The van der Waals surface area contributed by atoms with E-state index in [0.29, 0.717) is 34.2 Å². The van der Waals surface area contributed by atoms with Crippen molar-refractivity contribution in [2.75, 3.05) is 18.8 Å². The fourth-order valence-corrected chi connectivity index (χ4v) is 4.36. The minimum absolute atomic E-state index is 0.174. The summed E-state index contributed by atoms with van der Waals surface area (Å²) in [6.45, 7) is 2.36. The second kappa shape index (κ2) is 10.5. The third-order valence-electron chi connectivity index (χ3n) is 6.09. The number of hydrogen-bond donors (Lipinski definition) is 1. The number of anilines is 1. The number of rotatable bonds is 7. The van der Waals surface area contributed by atoms with E-state index in [-0.39, 0.29) is 24.0 Å². The summed E-state index contributed by atoms with van der Waals surface area (Å²) in [6, 6.07) is 14.8. The molecule has 2 aliphatic heterocycles. The largest absolute Gasteiger partial charge is 0.493 e. The van der Waals surface area contributed by atoms with Gasteiger partial charge in [0.25, 0.3) is 11.8 Å². The van der Waals surface area contributed by atoms with Gasteiger partial charge in [-0.15, -0.1) is 0 Å². The summed E-state index contributed by atoms with van der Waals surface area (Å²) in [5.41, 5.74) is 2.42. The van der Waals surface area contributed by atoms with E-state index in [0.717, 1.165) is 22.4 Å². The van der Waals surface area contributed by atoms with E-state index in [1.54, 1.807) is 30.3 Å². The van der Waals surface area contributed by atoms with Crippen molar-refractivity contribution in [3.05, 3.63) is 81.9 Å². The number of nitrogens with zero attached hydrogens (tertiary/aromatic N) is 1. The van der Waals surface area contributed by atoms with Gasteiger partial charge in [-0.25, -0.2) is 9.69 Å². The molecule has 0 bridgehead atoms. The van der Waals surface area contributed by atoms with E-state index >= 15 is 0 Å². The number of carbonyl (C=O) groups is 3. The zero-order chi connectivity index (χ0) is 26.8. The van der Waals surface area contributed by atoms with Crippen LogP contribution in [0.2, 0.25) is 5.02 Å². The molecule has 0 aromatic heterocycles. The van der Waals surface area contributed by atoms with Crippen molar-refractivity contribution in [2.24, 2.45) is 0 Å². The highest BCUT2D eigenvalue weighted by Crippen LogP contribution is 2.39. The zero-order valence-electron chi connectivity index (χ0n) is 20.6. The van der Waals surface area contributed by atoms with Gasteiger partial charge in [0.15, 0.2) is 23.0 Å². The second-order valence-corrected chi connectivity index (χ2v) is 8.90. The molecule has 1 fully saturated rings. The SMILES string of the molecule is CCc1ccc(N2C(=O)NC(=O)/C(=C/c3cc(Cl)c(OCc4ccc5c(c4)OCO5)c(OC)c3)C2=O)cc1. The van der Waals surface area contributed by atoms with Crippen LogP contribution >= 0.6 is 11.6 Å². The van der Waals surface area contributed by atoms with Gasteiger partial charge in [-0.2, -0.15) is 0 Å². The Hall–Kier alpha value is -4.50. The molecule has 194 valence electrons. The number of urea groups is 1. The monoisotopic (exact) mass is 534 g/mol. The summed E-state index contributed by atoms with van der Waals surface area (Å²) in [7, 11) is 1.45. The number of amides is 4. The van der Waals surface area contributed by atoms with Crippen LogP contribution in [0, 0.1) is 0 Å². The molecule has 1 saturated heterocycles. The van der Waals surface area contributed by atoms with Gasteiger partial charge in [0.2, 0.25) is 6.79 Å². The molecule has 5 rings (SSSR count). The van der Waals surface area contributed by atoms with Crippen LogP contribution in [0.3, 0.4) is 0 Å². The number of ether oxygens (including phenoxy) is 4. The summed E-state index contributed by atoms with van der Waals surface area (Å²) < 4.78 is 22.1. The quantitative estimate of drug-likeness (QED) is 0.340. The first-order valence-corrected chi connectivity index (χ1v) is 12.1. The van der Waals surface area contributed by atoms with Crippen LogP contribution in [0.1, 0.15) is 23.6 Å². The normalized spacial score (nSPS) is 15.6. The third kappa shape index (κ3) is 4.88. The van der Waals surface area contributed by atoms with Crippen LogP contribution in [0.4, 0.5) is 10.5 Å². The zero-order valence-corrected chi connectivity index (χ0v) is 21.3. The van der Waals surface area contributed by atoms with Gasteiger partial charge in [-0.3, -0.25) is 14.9 Å². The van der Waals surface area contributed by atoms with Gasteiger partial charge in [0, 0.05) is 0 Å². The average molecular weight is 535 g/mol. The van der Waals surface area contributed by atoms with Gasteiger partial charge >= 0.3 is 6.03 Å². The van der Waals surface area contributed by atoms with Crippen LogP contribution in [-0.4, -0.2) is 31.7 Å². The lowest BCUT2D eigenvalue weighted by molar-refractivity contribution is -0.122. The molecule has 2 heterocycles. The molecule has 10 heteroatoms. The minimum Gasteiger partial charge on any atom is -0.493 e. The van der Waals surface area contributed by atoms with Crippen LogP contribution in [0.5, 0.6) is 23.0 Å². The average Bonchev–Trinajstić information content (AvgIpc) is 3.38. The first kappa shape index (κ1) is 25.2. The molecule has 2 aliphatic rings. The molecule has 0 radical (unpaired) electrons. The molecule has 3 aromatic carbocycles. The Labute approximate surface area is 223 Å². The Kier molecular flexibility index (Phi) is 6.93. The van der Waals surface area contributed by atoms with E-state index in [9.17, 15) is 14.4 Å². The predicted octanol–water partition coefficient (Wildman–Crippen LogP) is 4.89. The van der Waals surface area contributed by atoms with Crippen LogP contribution in [0.25, 0.3) is 6.08 Å². The second-order valence-electron chi connectivity index (χ2n) is 8.49. The number of carbonyl (C=O) groups excluding carboxylic acids is 3. The molecule has 0 spiro atoms. The molecule has 3 aromatic rings. The topological polar surface area (TPSA) is 103 Å². The maximum Gasteiger partial charge on any atom is 0.335 e. The van der Waals surface area contributed by atoms with Crippen molar-refractivity contribution in [1.82, 2.24) is 5.32 Å². The smallest absolute Gasteiger partial charge is 0.335 e. The molecule has 0 atom stereocenters. The van der Waals surface area contributed by atoms with Gasteiger partial charge in [0.1, 0.15) is 12.2 Å². The molecule has 38 heavy (non-hydrogen) atoms. The number of halogens is 1. The summed E-state index contributed by atoms with van der Waals surface area (Å²) in [4.78, 5) is 39.2. The highest BCUT2D eigenvalue weighted by Gasteiger charge is 2.36. The first-order valence-electron chi connectivity index (χ1n) is 11.8. The summed E-state index contributed by atoms with van der Waals surface area (Å²) in [6.07, 6.45) is 2.16. The van der Waals surface area contributed by atoms with Crippen molar-refractivity contribution in [3.8, 4) is 23.0 Å². The van der Waals surface area contributed by atoms with E-state index in [1.807, 2.05) is 31.2 Å². The Morgan fingerprint density at radius 3 is 2.47 bits per heavy atom. The molecule has 9 nitrogen and oxygen atoms in total. The van der Waals surface area contributed by atoms with Crippen LogP contribution in [0.15, 0.2) is 60.2 Å². The summed E-state index contributed by atoms with van der Waals surface area (Å²) in [5.74, 6) is 0.343. The Morgan fingerprint density at radius 2 is 1.74 bits per heavy atom. The molecular formula is C28H23ClN2O7. The lowest BCUT2D eigenvalue weighted by Gasteiger charge is -2.26. The summed E-state index contributed by atoms with van der Waals surface area (Å²) in [5, 5.41) is 2.43. The van der Waals surface area contributed by atoms with E-state index in [2.05, 4.69) is 5.32 Å². The fraction of sp³-hybridized carbons (Fsp3) is 0.179. The number of nitrogens with one attached hydrogen (secondary N) is 1. The molecule has 0 unspecified atom stereocenters. The lowest BCUT2D eigenvalue weighted by Crippen LogP contribution is -2.54. The Morgan fingerprint density at radius 1 is 1.00 bits per heavy atom. The molecule has 1 N–H and O–H groups in total. The van der Waals surface area contributed by atoms with Crippen molar-refractivity contribution in [1.29, 1.82) is 0 Å². The lowest BCUT2D eigenvalue weighted by atomic mass is 10.1. The first-order chi connectivity index (χ1) is 18.4. The number of aryl methyl sites for hydroxylation is 1. The standard InChI is InChI=1S/C28H23ClN2O7/c1-3-16-4-7-19(8-5-16)31-27(33)20(26(32)30-28(31)34)10-18-11-21(29)25(24(13-18)35-2)36-14-17-6-9-22-23(12-17)38-15-37-22/h4-13H,3,14-15H2,1-2H3,(H,30,32,34)/b20-10-. The molecular weight excluding hydrogens is 512 g/mol. The molecule has 4 amide bonds. The number of imide groups is 2. The van der Waals surface area contributed by atoms with Gasteiger partial charge in [-0.05, 0) is 65.6 Å². The maximum atomic E-state index is 13.2. The molecule has 0 aliphatic carbocycles. The Bertz CT molecular complexity index is 1470. The van der Waals surface area contributed by atoms with Crippen LogP contribution in [-0.2, 0) is 22.6 Å². The molecule has 0 saturated carbocycles. The fourth-order valence-electron chi connectivity index (χ4n) is 4.09. The number of benzene rings is 3.